The van der Waals surface area contributed by atoms with E-state index in [0.29, 0.717) is 17.7 Å². The lowest BCUT2D eigenvalue weighted by Crippen LogP contribution is -2.47. The van der Waals surface area contributed by atoms with Crippen molar-refractivity contribution in [2.24, 2.45) is 13.0 Å². The third-order valence-corrected chi connectivity index (χ3v) is 6.83. The zero-order valence-corrected chi connectivity index (χ0v) is 19.6. The molecule has 1 unspecified atom stereocenters. The van der Waals surface area contributed by atoms with Gasteiger partial charge in [0.1, 0.15) is 5.69 Å². The van der Waals surface area contributed by atoms with Crippen LogP contribution in [0.5, 0.6) is 0 Å². The summed E-state index contributed by atoms with van der Waals surface area (Å²) in [4.78, 5) is 40.1. The summed E-state index contributed by atoms with van der Waals surface area (Å²) in [6.07, 6.45) is 3.26. The molecule has 1 saturated heterocycles. The predicted octanol–water partition coefficient (Wildman–Crippen LogP) is 3.19. The van der Waals surface area contributed by atoms with Gasteiger partial charge in [-0.25, -0.2) is 4.68 Å². The minimum absolute atomic E-state index is 0.0959. The molecule has 2 heterocycles. The van der Waals surface area contributed by atoms with E-state index in [9.17, 15) is 14.4 Å². The first-order valence-corrected chi connectivity index (χ1v) is 12.0. The number of anilines is 1. The molecule has 1 aliphatic heterocycles. The van der Waals surface area contributed by atoms with Gasteiger partial charge in [0, 0.05) is 19.6 Å². The highest BCUT2D eigenvalue weighted by atomic mass is 32.2. The van der Waals surface area contributed by atoms with Crippen molar-refractivity contribution in [3.63, 3.8) is 0 Å². The number of carbonyl (C=O) groups excluding carboxylic acids is 2. The number of rotatable bonds is 7. The van der Waals surface area contributed by atoms with Gasteiger partial charge in [-0.2, -0.15) is 0 Å². The van der Waals surface area contributed by atoms with Crippen LogP contribution < -0.4 is 10.9 Å². The van der Waals surface area contributed by atoms with Gasteiger partial charge in [-0.05, 0) is 44.2 Å². The molecule has 8 heteroatoms. The van der Waals surface area contributed by atoms with Crippen molar-refractivity contribution in [2.45, 2.75) is 46.1 Å². The van der Waals surface area contributed by atoms with Gasteiger partial charge in [0.25, 0.3) is 5.56 Å². The molecule has 0 aliphatic carbocycles. The molecule has 1 fully saturated rings. The van der Waals surface area contributed by atoms with Gasteiger partial charge in [0.15, 0.2) is 0 Å². The van der Waals surface area contributed by atoms with Gasteiger partial charge in [-0.3, -0.25) is 19.1 Å². The van der Waals surface area contributed by atoms with Crippen molar-refractivity contribution in [3.05, 3.63) is 46.4 Å². The first kappa shape index (κ1) is 23.2. The summed E-state index contributed by atoms with van der Waals surface area (Å²) in [5, 5.41) is 2.75. The number of thioether (sulfide) groups is 1. The average molecular weight is 445 g/mol. The van der Waals surface area contributed by atoms with Crippen LogP contribution in [-0.4, -0.2) is 50.2 Å². The van der Waals surface area contributed by atoms with Crippen molar-refractivity contribution >= 4 is 29.3 Å². The number of aromatic nitrogens is 2. The molecule has 7 nitrogen and oxygen atoms in total. The van der Waals surface area contributed by atoms with Gasteiger partial charge in [-0.1, -0.05) is 32.0 Å². The number of piperidine rings is 1. The zero-order chi connectivity index (χ0) is 22.5. The maximum absolute atomic E-state index is 12.9. The SMILES string of the molecule is Cc1c(NC(=O)CSCC(=O)N2CCCCC2C(C)C)c(=O)n(-c2ccccc2)n1C. The molecule has 2 amide bonds. The summed E-state index contributed by atoms with van der Waals surface area (Å²) in [6, 6.07) is 9.60. The molecule has 1 aliphatic rings. The molecule has 1 aromatic heterocycles. The Morgan fingerprint density at radius 2 is 1.87 bits per heavy atom. The number of nitrogens with one attached hydrogen (secondary N) is 1. The molecular weight excluding hydrogens is 412 g/mol. The lowest BCUT2D eigenvalue weighted by Gasteiger charge is -2.38. The van der Waals surface area contributed by atoms with Gasteiger partial charge in [0.2, 0.25) is 11.8 Å². The van der Waals surface area contributed by atoms with Crippen LogP contribution >= 0.6 is 11.8 Å². The zero-order valence-electron chi connectivity index (χ0n) is 18.8. The third kappa shape index (κ3) is 5.23. The Kier molecular flexibility index (Phi) is 7.64. The number of benzene rings is 1. The summed E-state index contributed by atoms with van der Waals surface area (Å²) in [5.41, 5.74) is 1.42. The normalized spacial score (nSPS) is 16.5. The van der Waals surface area contributed by atoms with Gasteiger partial charge in [0.05, 0.1) is 22.9 Å². The molecule has 3 rings (SSSR count). The molecule has 1 atom stereocenters. The van der Waals surface area contributed by atoms with E-state index in [2.05, 4.69) is 19.2 Å². The van der Waals surface area contributed by atoms with E-state index in [1.54, 1.807) is 18.7 Å². The first-order valence-electron chi connectivity index (χ1n) is 10.8. The fourth-order valence-electron chi connectivity index (χ4n) is 4.16. The number of carbonyl (C=O) groups is 2. The Morgan fingerprint density at radius 3 is 2.55 bits per heavy atom. The van der Waals surface area contributed by atoms with E-state index < -0.39 is 0 Å². The molecule has 2 aromatic rings. The fourth-order valence-corrected chi connectivity index (χ4v) is 4.86. The molecule has 0 bridgehead atoms. The topological polar surface area (TPSA) is 76.3 Å². The molecular formula is C23H32N4O3S. The smallest absolute Gasteiger partial charge is 0.295 e. The van der Waals surface area contributed by atoms with E-state index in [4.69, 9.17) is 0 Å². The van der Waals surface area contributed by atoms with Crippen molar-refractivity contribution < 1.29 is 9.59 Å². The highest BCUT2D eigenvalue weighted by Crippen LogP contribution is 2.24. The van der Waals surface area contributed by atoms with Crippen LogP contribution in [0.3, 0.4) is 0 Å². The van der Waals surface area contributed by atoms with Crippen molar-refractivity contribution in [1.82, 2.24) is 14.3 Å². The molecule has 31 heavy (non-hydrogen) atoms. The number of amides is 2. The van der Waals surface area contributed by atoms with Gasteiger partial charge >= 0.3 is 0 Å². The maximum Gasteiger partial charge on any atom is 0.295 e. The second-order valence-corrected chi connectivity index (χ2v) is 9.36. The monoisotopic (exact) mass is 444 g/mol. The van der Waals surface area contributed by atoms with Crippen LogP contribution in [0.2, 0.25) is 0 Å². The number of hydrogen-bond acceptors (Lipinski definition) is 4. The lowest BCUT2D eigenvalue weighted by atomic mass is 9.93. The Hall–Kier alpha value is -2.48. The second kappa shape index (κ2) is 10.2. The lowest BCUT2D eigenvalue weighted by molar-refractivity contribution is -0.133. The first-order chi connectivity index (χ1) is 14.8. The minimum Gasteiger partial charge on any atom is -0.339 e. The number of likely N-dealkylation sites (tertiary alicyclic amines) is 1. The second-order valence-electron chi connectivity index (χ2n) is 8.37. The third-order valence-electron chi connectivity index (χ3n) is 5.92. The summed E-state index contributed by atoms with van der Waals surface area (Å²) in [7, 11) is 1.79. The van der Waals surface area contributed by atoms with Crippen molar-refractivity contribution in [3.8, 4) is 5.69 Å². The molecule has 0 spiro atoms. The van der Waals surface area contributed by atoms with E-state index in [0.717, 1.165) is 25.1 Å². The standard InChI is InChI=1S/C23H32N4O3S/c1-16(2)19-12-8-9-13-26(19)21(29)15-31-14-20(28)24-22-17(3)25(4)27(23(22)30)18-10-6-5-7-11-18/h5-7,10-11,16,19H,8-9,12-15H2,1-4H3,(H,24,28). The van der Waals surface area contributed by atoms with Crippen molar-refractivity contribution in [1.29, 1.82) is 0 Å². The Morgan fingerprint density at radius 1 is 1.16 bits per heavy atom. The predicted molar refractivity (Wildman–Crippen MR) is 126 cm³/mol. The van der Waals surface area contributed by atoms with Crippen LogP contribution in [0, 0.1) is 12.8 Å². The summed E-state index contributed by atoms with van der Waals surface area (Å²) >= 11 is 1.30. The summed E-state index contributed by atoms with van der Waals surface area (Å²) < 4.78 is 3.26. The van der Waals surface area contributed by atoms with Crippen LogP contribution in [0.4, 0.5) is 5.69 Å². The van der Waals surface area contributed by atoms with E-state index in [1.807, 2.05) is 35.2 Å². The number of para-hydroxylation sites is 1. The number of hydrogen-bond donors (Lipinski definition) is 1. The minimum atomic E-state index is -0.275. The quantitative estimate of drug-likeness (QED) is 0.712. The Labute approximate surface area is 187 Å². The van der Waals surface area contributed by atoms with E-state index in [1.165, 1.54) is 22.9 Å². The van der Waals surface area contributed by atoms with Gasteiger partial charge < -0.3 is 10.2 Å². The van der Waals surface area contributed by atoms with Gasteiger partial charge in [-0.15, -0.1) is 11.8 Å². The average Bonchev–Trinajstić information content (AvgIpc) is 2.97. The molecule has 1 N–H and O–H groups in total. The Balaban J connectivity index is 1.59. The van der Waals surface area contributed by atoms with Crippen LogP contribution in [-0.2, 0) is 16.6 Å². The van der Waals surface area contributed by atoms with Crippen LogP contribution in [0.1, 0.15) is 38.8 Å². The van der Waals surface area contributed by atoms with Crippen LogP contribution in [0.15, 0.2) is 35.1 Å². The molecule has 0 radical (unpaired) electrons. The molecule has 0 saturated carbocycles. The summed E-state index contributed by atoms with van der Waals surface area (Å²) in [6.45, 7) is 6.91. The molecule has 168 valence electrons. The van der Waals surface area contributed by atoms with Crippen molar-refractivity contribution in [2.75, 3.05) is 23.4 Å². The summed E-state index contributed by atoms with van der Waals surface area (Å²) in [5.74, 6) is 0.663. The number of nitrogens with zero attached hydrogens (tertiary/aromatic N) is 3. The van der Waals surface area contributed by atoms with Crippen LogP contribution in [0.25, 0.3) is 5.69 Å². The van der Waals surface area contributed by atoms with E-state index in [-0.39, 0.29) is 34.6 Å². The fraction of sp³-hybridized carbons (Fsp3) is 0.522. The highest BCUT2D eigenvalue weighted by molar-refractivity contribution is 8.00. The molecule has 1 aromatic carbocycles. The highest BCUT2D eigenvalue weighted by Gasteiger charge is 2.28. The Bertz CT molecular complexity index is 981. The maximum atomic E-state index is 12.9. The van der Waals surface area contributed by atoms with E-state index >= 15 is 0 Å². The largest absolute Gasteiger partial charge is 0.339 e.